The van der Waals surface area contributed by atoms with Gasteiger partial charge in [-0.15, -0.1) is 0 Å². The van der Waals surface area contributed by atoms with Gasteiger partial charge < -0.3 is 26.8 Å². The van der Waals surface area contributed by atoms with Crippen LogP contribution in [0.5, 0.6) is 0 Å². The Balaban J connectivity index is 3.10. The Labute approximate surface area is 218 Å². The molecule has 1 rings (SSSR count). The van der Waals surface area contributed by atoms with Crippen molar-refractivity contribution in [2.75, 3.05) is 12.0 Å². The molecular weight excluding hydrogens is 480 g/mol. The van der Waals surface area contributed by atoms with Gasteiger partial charge in [0.1, 0.15) is 18.1 Å². The molecule has 10 heteroatoms. The van der Waals surface area contributed by atoms with E-state index in [-0.39, 0.29) is 24.7 Å². The number of thioether (sulfide) groups is 1. The zero-order valence-corrected chi connectivity index (χ0v) is 22.8. The first kappa shape index (κ1) is 31.4. The lowest BCUT2D eigenvalue weighted by Crippen LogP contribution is -2.58. The monoisotopic (exact) mass is 522 g/mol. The van der Waals surface area contributed by atoms with Gasteiger partial charge in [0, 0.05) is 6.42 Å². The average Bonchev–Trinajstić information content (AvgIpc) is 2.84. The summed E-state index contributed by atoms with van der Waals surface area (Å²) < 4.78 is 0. The number of hydrogen-bond donors (Lipinski definition) is 5. The summed E-state index contributed by atoms with van der Waals surface area (Å²) in [6, 6.07) is 5.50. The van der Waals surface area contributed by atoms with Gasteiger partial charge in [-0.2, -0.15) is 11.8 Å². The minimum absolute atomic E-state index is 0.0523. The Hall–Kier alpha value is -2.59. The molecule has 0 saturated heterocycles. The van der Waals surface area contributed by atoms with Crippen LogP contribution in [0.2, 0.25) is 0 Å². The number of carbonyl (C=O) groups excluding carboxylic acids is 3. The topological polar surface area (TPSA) is 151 Å². The summed E-state index contributed by atoms with van der Waals surface area (Å²) in [5.74, 6) is -2.10. The predicted molar refractivity (Wildman–Crippen MR) is 143 cm³/mol. The van der Waals surface area contributed by atoms with Crippen molar-refractivity contribution >= 4 is 35.5 Å². The highest BCUT2D eigenvalue weighted by Gasteiger charge is 2.31. The zero-order valence-electron chi connectivity index (χ0n) is 22.0. The van der Waals surface area contributed by atoms with Gasteiger partial charge in [0.05, 0.1) is 6.04 Å². The fraction of sp³-hybridized carbons (Fsp3) is 0.615. The van der Waals surface area contributed by atoms with Gasteiger partial charge >= 0.3 is 5.97 Å². The summed E-state index contributed by atoms with van der Waals surface area (Å²) in [4.78, 5) is 50.8. The molecule has 0 fully saturated rings. The van der Waals surface area contributed by atoms with Crippen molar-refractivity contribution in [1.29, 1.82) is 0 Å². The third-order valence-electron chi connectivity index (χ3n) is 6.04. The molecule has 36 heavy (non-hydrogen) atoms. The maximum atomic E-state index is 13.4. The molecule has 3 amide bonds. The molecule has 5 atom stereocenters. The predicted octanol–water partition coefficient (Wildman–Crippen LogP) is 1.94. The second-order valence-electron chi connectivity index (χ2n) is 9.53. The van der Waals surface area contributed by atoms with Crippen molar-refractivity contribution in [1.82, 2.24) is 16.0 Å². The van der Waals surface area contributed by atoms with Gasteiger partial charge in [-0.05, 0) is 42.2 Å². The van der Waals surface area contributed by atoms with Crippen LogP contribution in [0, 0.1) is 11.8 Å². The minimum Gasteiger partial charge on any atom is -0.480 e. The van der Waals surface area contributed by atoms with E-state index in [1.54, 1.807) is 0 Å². The lowest BCUT2D eigenvalue weighted by Gasteiger charge is -2.27. The van der Waals surface area contributed by atoms with E-state index in [1.165, 1.54) is 11.8 Å². The third-order valence-corrected chi connectivity index (χ3v) is 6.68. The molecule has 0 saturated carbocycles. The van der Waals surface area contributed by atoms with Crippen LogP contribution in [-0.4, -0.2) is 65.0 Å². The van der Waals surface area contributed by atoms with Gasteiger partial charge in [-0.25, -0.2) is 4.79 Å². The van der Waals surface area contributed by atoms with Gasteiger partial charge in [0.25, 0.3) is 0 Å². The van der Waals surface area contributed by atoms with Gasteiger partial charge in [-0.3, -0.25) is 14.4 Å². The number of carboxylic acid groups (broad SMARTS) is 1. The summed E-state index contributed by atoms with van der Waals surface area (Å²) in [6.07, 6.45) is 3.36. The number of aliphatic carboxylic acids is 1. The molecule has 5 unspecified atom stereocenters. The summed E-state index contributed by atoms with van der Waals surface area (Å²) in [6.45, 7) is 7.62. The molecule has 0 aliphatic carbocycles. The second kappa shape index (κ2) is 16.2. The molecule has 0 aromatic heterocycles. The standard InChI is InChI=1S/C26H42N4O5S/c1-6-17(4)22(27)25(33)30-21(15-18-10-8-7-9-11-18)24(32)29-20(14-16(2)3)23(31)28-19(26(34)35)12-13-36-5/h7-11,16-17,19-22H,6,12-15,27H2,1-5H3,(H,28,31)(H,29,32)(H,30,33)(H,34,35). The van der Waals surface area contributed by atoms with Crippen LogP contribution in [0.15, 0.2) is 30.3 Å². The fourth-order valence-corrected chi connectivity index (χ4v) is 4.05. The van der Waals surface area contributed by atoms with E-state index >= 15 is 0 Å². The van der Waals surface area contributed by atoms with E-state index in [4.69, 9.17) is 5.73 Å². The van der Waals surface area contributed by atoms with E-state index in [0.29, 0.717) is 18.6 Å². The number of nitrogens with two attached hydrogens (primary N) is 1. The van der Waals surface area contributed by atoms with Gasteiger partial charge in [0.2, 0.25) is 17.7 Å². The van der Waals surface area contributed by atoms with Crippen molar-refractivity contribution < 1.29 is 24.3 Å². The number of rotatable bonds is 16. The SMILES string of the molecule is CCC(C)C(N)C(=O)NC(Cc1ccccc1)C(=O)NC(CC(C)C)C(=O)NC(CCSC)C(=O)O. The molecule has 0 radical (unpaired) electrons. The number of hydrogen-bond acceptors (Lipinski definition) is 6. The van der Waals surface area contributed by atoms with Gasteiger partial charge in [0.15, 0.2) is 0 Å². The largest absolute Gasteiger partial charge is 0.480 e. The van der Waals surface area contributed by atoms with Crippen LogP contribution in [0.3, 0.4) is 0 Å². The van der Waals surface area contributed by atoms with Crippen LogP contribution < -0.4 is 21.7 Å². The van der Waals surface area contributed by atoms with E-state index < -0.39 is 47.9 Å². The normalized spacial score (nSPS) is 15.3. The highest BCUT2D eigenvalue weighted by atomic mass is 32.2. The molecule has 1 aromatic rings. The molecule has 0 heterocycles. The molecule has 0 spiro atoms. The Morgan fingerprint density at radius 2 is 1.47 bits per heavy atom. The number of amides is 3. The van der Waals surface area contributed by atoms with Crippen molar-refractivity contribution in [3.8, 4) is 0 Å². The first-order chi connectivity index (χ1) is 17.0. The summed E-state index contributed by atoms with van der Waals surface area (Å²) in [5.41, 5.74) is 6.92. The van der Waals surface area contributed by atoms with Gasteiger partial charge in [-0.1, -0.05) is 64.4 Å². The Morgan fingerprint density at radius 1 is 0.917 bits per heavy atom. The Bertz CT molecular complexity index is 852. The zero-order chi connectivity index (χ0) is 27.3. The van der Waals surface area contributed by atoms with E-state index in [0.717, 1.165) is 5.56 Å². The van der Waals surface area contributed by atoms with Crippen LogP contribution in [0.4, 0.5) is 0 Å². The summed E-state index contributed by atoms with van der Waals surface area (Å²) in [5, 5.41) is 17.6. The molecule has 9 nitrogen and oxygen atoms in total. The molecule has 6 N–H and O–H groups in total. The second-order valence-corrected chi connectivity index (χ2v) is 10.5. The quantitative estimate of drug-likeness (QED) is 0.223. The fourth-order valence-electron chi connectivity index (χ4n) is 3.58. The smallest absolute Gasteiger partial charge is 0.326 e. The van der Waals surface area contributed by atoms with Crippen molar-refractivity contribution in [3.63, 3.8) is 0 Å². The lowest BCUT2D eigenvalue weighted by molar-refractivity contribution is -0.142. The number of nitrogens with one attached hydrogen (secondary N) is 3. The summed E-state index contributed by atoms with van der Waals surface area (Å²) in [7, 11) is 0. The van der Waals surface area contributed by atoms with E-state index in [1.807, 2.05) is 64.3 Å². The van der Waals surface area contributed by atoms with Crippen LogP contribution >= 0.6 is 11.8 Å². The van der Waals surface area contributed by atoms with Crippen LogP contribution in [-0.2, 0) is 25.6 Å². The maximum absolute atomic E-state index is 13.4. The highest BCUT2D eigenvalue weighted by molar-refractivity contribution is 7.98. The third kappa shape index (κ3) is 11.0. The first-order valence-corrected chi connectivity index (χ1v) is 13.8. The first-order valence-electron chi connectivity index (χ1n) is 12.4. The van der Waals surface area contributed by atoms with Crippen LogP contribution in [0.25, 0.3) is 0 Å². The molecular formula is C26H42N4O5S. The number of benzene rings is 1. The van der Waals surface area contributed by atoms with E-state index in [9.17, 15) is 24.3 Å². The van der Waals surface area contributed by atoms with Crippen molar-refractivity contribution in [2.45, 2.75) is 77.5 Å². The number of carboxylic acids is 1. The molecule has 1 aromatic carbocycles. The van der Waals surface area contributed by atoms with Crippen LogP contribution in [0.1, 0.15) is 52.5 Å². The molecule has 202 valence electrons. The average molecular weight is 523 g/mol. The Kier molecular flexibility index (Phi) is 14.2. The molecule has 0 aliphatic heterocycles. The molecule has 0 aliphatic rings. The molecule has 0 bridgehead atoms. The van der Waals surface area contributed by atoms with Crippen molar-refractivity contribution in [2.24, 2.45) is 17.6 Å². The van der Waals surface area contributed by atoms with Crippen molar-refractivity contribution in [3.05, 3.63) is 35.9 Å². The summed E-state index contributed by atoms with van der Waals surface area (Å²) >= 11 is 1.49. The lowest BCUT2D eigenvalue weighted by atomic mass is 9.97. The number of carbonyl (C=O) groups is 4. The Morgan fingerprint density at radius 3 is 2.00 bits per heavy atom. The minimum atomic E-state index is -1.12. The highest BCUT2D eigenvalue weighted by Crippen LogP contribution is 2.11. The van der Waals surface area contributed by atoms with E-state index in [2.05, 4.69) is 16.0 Å². The maximum Gasteiger partial charge on any atom is 0.326 e.